The van der Waals surface area contributed by atoms with E-state index in [1.165, 1.54) is 24.5 Å². The number of ether oxygens (including phenoxy) is 1. The van der Waals surface area contributed by atoms with Gasteiger partial charge in [0.25, 0.3) is 0 Å². The number of alkyl carbamates (subject to hydrolysis) is 1. The normalized spacial score (nSPS) is 12.5. The summed E-state index contributed by atoms with van der Waals surface area (Å²) in [5.74, 6) is 0. The number of carbonyl (C=O) groups excluding carboxylic acids is 1. The van der Waals surface area contributed by atoms with Crippen molar-refractivity contribution >= 4 is 11.8 Å². The zero-order chi connectivity index (χ0) is 21.8. The Balaban J connectivity index is 2.44. The molecule has 0 saturated heterocycles. The van der Waals surface area contributed by atoms with Crippen LogP contribution in [0.1, 0.15) is 45.4 Å². The van der Waals surface area contributed by atoms with Gasteiger partial charge in [-0.2, -0.15) is 18.6 Å². The number of pyridine rings is 1. The summed E-state index contributed by atoms with van der Waals surface area (Å²) in [4.78, 5) is 26.5. The van der Waals surface area contributed by atoms with E-state index >= 15 is 0 Å². The monoisotopic (exact) mass is 409 g/mol. The highest BCUT2D eigenvalue weighted by molar-refractivity contribution is 5.70. The number of aromatic nitrogens is 3. The summed E-state index contributed by atoms with van der Waals surface area (Å²) in [6.45, 7) is 5.88. The van der Waals surface area contributed by atoms with E-state index in [1.807, 2.05) is 0 Å². The molecule has 0 bridgehead atoms. The van der Waals surface area contributed by atoms with Crippen LogP contribution < -0.4 is 5.32 Å². The van der Waals surface area contributed by atoms with Crippen molar-refractivity contribution in [3.8, 4) is 11.3 Å². The van der Waals surface area contributed by atoms with E-state index in [0.29, 0.717) is 5.56 Å². The molecule has 2 heterocycles. The van der Waals surface area contributed by atoms with Crippen molar-refractivity contribution in [1.82, 2.24) is 20.1 Å². The van der Waals surface area contributed by atoms with E-state index in [1.54, 1.807) is 20.8 Å². The second-order valence-corrected chi connectivity index (χ2v) is 7.16. The van der Waals surface area contributed by atoms with Gasteiger partial charge in [-0.15, -0.1) is 6.58 Å². The van der Waals surface area contributed by atoms with Crippen molar-refractivity contribution in [2.75, 3.05) is 0 Å². The lowest BCUT2D eigenvalue weighted by Crippen LogP contribution is -2.41. The molecule has 29 heavy (non-hydrogen) atoms. The number of hydrogen-bond donors (Lipinski definition) is 1. The van der Waals surface area contributed by atoms with Gasteiger partial charge in [-0.3, -0.25) is 15.1 Å². The molecule has 1 amide bonds. The maximum atomic E-state index is 13.3. The van der Waals surface area contributed by atoms with Crippen LogP contribution in [-0.2, 0) is 4.74 Å². The molecule has 2 rings (SSSR count). The van der Waals surface area contributed by atoms with Crippen LogP contribution in [0.15, 0.2) is 37.3 Å². The zero-order valence-corrected chi connectivity index (χ0v) is 16.1. The molecule has 0 aliphatic rings. The summed E-state index contributed by atoms with van der Waals surface area (Å²) in [7, 11) is 0. The summed E-state index contributed by atoms with van der Waals surface area (Å²) in [5, 5.41) is 17.3. The predicted octanol–water partition coefficient (Wildman–Crippen LogP) is 4.39. The number of nitrogens with one attached hydrogen (secondary N) is 1. The number of nitro groups is 1. The summed E-state index contributed by atoms with van der Waals surface area (Å²) in [6.07, 6.45) is 3.58. The Labute approximate surface area is 165 Å². The lowest BCUT2D eigenvalue weighted by molar-refractivity contribution is -0.384. The van der Waals surface area contributed by atoms with Crippen LogP contribution in [0.4, 0.5) is 19.3 Å². The van der Waals surface area contributed by atoms with Crippen molar-refractivity contribution in [3.05, 3.63) is 53.0 Å². The Morgan fingerprint density at radius 3 is 2.66 bits per heavy atom. The maximum absolute atomic E-state index is 13.3. The second kappa shape index (κ2) is 8.76. The van der Waals surface area contributed by atoms with Gasteiger partial charge in [0.1, 0.15) is 12.3 Å². The van der Waals surface area contributed by atoms with Gasteiger partial charge in [0.15, 0.2) is 5.69 Å². The van der Waals surface area contributed by atoms with Gasteiger partial charge in [0.2, 0.25) is 0 Å². The van der Waals surface area contributed by atoms with Crippen molar-refractivity contribution in [1.29, 1.82) is 0 Å². The van der Waals surface area contributed by atoms with Gasteiger partial charge in [0, 0.05) is 35.5 Å². The standard InChI is InChI=1S/C18H21F2N5O4/c1-5-6-14(29-17(26)23-18(2,3)4)11-7-12(9-21-8-11)15-13(25(27)28)10-22-24(15)16(19)20/h5,7-10,14,16H,1,6H2,2-4H3,(H,23,26)/t14-/m0/s1. The van der Waals surface area contributed by atoms with E-state index in [4.69, 9.17) is 4.74 Å². The Morgan fingerprint density at radius 1 is 1.41 bits per heavy atom. The number of rotatable bonds is 7. The lowest BCUT2D eigenvalue weighted by Gasteiger charge is -2.23. The third-order valence-electron chi connectivity index (χ3n) is 3.67. The smallest absolute Gasteiger partial charge is 0.408 e. The van der Waals surface area contributed by atoms with Gasteiger partial charge >= 0.3 is 18.3 Å². The molecule has 156 valence electrons. The molecule has 0 aliphatic carbocycles. The minimum atomic E-state index is -3.08. The van der Waals surface area contributed by atoms with Crippen LogP contribution >= 0.6 is 0 Å². The van der Waals surface area contributed by atoms with Crippen LogP contribution in [0.25, 0.3) is 11.3 Å². The fourth-order valence-corrected chi connectivity index (χ4v) is 2.55. The first kappa shape index (κ1) is 21.9. The van der Waals surface area contributed by atoms with Gasteiger partial charge in [0.05, 0.1) is 4.92 Å². The Morgan fingerprint density at radius 2 is 2.10 bits per heavy atom. The van der Waals surface area contributed by atoms with E-state index < -0.39 is 40.6 Å². The summed E-state index contributed by atoms with van der Waals surface area (Å²) < 4.78 is 32.2. The number of halogens is 2. The lowest BCUT2D eigenvalue weighted by atomic mass is 10.0. The third kappa shape index (κ3) is 5.56. The predicted molar refractivity (Wildman–Crippen MR) is 100 cm³/mol. The molecule has 0 aliphatic heterocycles. The SMILES string of the molecule is C=CC[C@H](OC(=O)NC(C)(C)C)c1cncc(-c2c([N+](=O)[O-])cnn2C(F)F)c1. The Hall–Kier alpha value is -3.37. The second-order valence-electron chi connectivity index (χ2n) is 7.16. The zero-order valence-electron chi connectivity index (χ0n) is 16.1. The summed E-state index contributed by atoms with van der Waals surface area (Å²) >= 11 is 0. The summed E-state index contributed by atoms with van der Waals surface area (Å²) in [5.41, 5.74) is -1.10. The number of amides is 1. The average molecular weight is 409 g/mol. The van der Waals surface area contributed by atoms with Crippen LogP contribution in [0.2, 0.25) is 0 Å². The first-order valence-electron chi connectivity index (χ1n) is 8.58. The van der Waals surface area contributed by atoms with Crippen LogP contribution in [-0.4, -0.2) is 31.3 Å². The average Bonchev–Trinajstić information content (AvgIpc) is 3.05. The fourth-order valence-electron chi connectivity index (χ4n) is 2.55. The first-order valence-corrected chi connectivity index (χ1v) is 8.58. The molecule has 0 radical (unpaired) electrons. The minimum Gasteiger partial charge on any atom is -0.441 e. The summed E-state index contributed by atoms with van der Waals surface area (Å²) in [6, 6.07) is 1.40. The highest BCUT2D eigenvalue weighted by atomic mass is 19.3. The first-order chi connectivity index (χ1) is 13.5. The Bertz CT molecular complexity index is 908. The Kier molecular flexibility index (Phi) is 6.62. The molecule has 0 fully saturated rings. The highest BCUT2D eigenvalue weighted by Crippen LogP contribution is 2.34. The molecule has 2 aromatic heterocycles. The van der Waals surface area contributed by atoms with E-state index in [2.05, 4.69) is 22.0 Å². The number of hydrogen-bond acceptors (Lipinski definition) is 6. The molecule has 0 unspecified atom stereocenters. The largest absolute Gasteiger partial charge is 0.441 e. The van der Waals surface area contributed by atoms with E-state index in [0.717, 1.165) is 6.20 Å². The van der Waals surface area contributed by atoms with Gasteiger partial charge in [-0.05, 0) is 26.8 Å². The van der Waals surface area contributed by atoms with Gasteiger partial charge in [-0.1, -0.05) is 6.08 Å². The molecular formula is C18H21F2N5O4. The number of nitrogens with zero attached hydrogens (tertiary/aromatic N) is 4. The van der Waals surface area contributed by atoms with Crippen LogP contribution in [0.3, 0.4) is 0 Å². The third-order valence-corrected chi connectivity index (χ3v) is 3.67. The molecule has 0 saturated carbocycles. The molecule has 0 spiro atoms. The molecule has 0 aromatic carbocycles. The van der Waals surface area contributed by atoms with Crippen molar-refractivity contribution in [2.45, 2.75) is 45.4 Å². The van der Waals surface area contributed by atoms with Gasteiger partial charge in [-0.25, -0.2) is 4.79 Å². The van der Waals surface area contributed by atoms with Gasteiger partial charge < -0.3 is 10.1 Å². The quantitative estimate of drug-likeness (QED) is 0.412. The van der Waals surface area contributed by atoms with E-state index in [-0.39, 0.29) is 16.7 Å². The number of alkyl halides is 2. The highest BCUT2D eigenvalue weighted by Gasteiger charge is 2.27. The van der Waals surface area contributed by atoms with Crippen molar-refractivity contribution in [3.63, 3.8) is 0 Å². The minimum absolute atomic E-state index is 0.0425. The topological polar surface area (TPSA) is 112 Å². The molecule has 1 N–H and O–H groups in total. The maximum Gasteiger partial charge on any atom is 0.408 e. The molecule has 2 aromatic rings. The molecular weight excluding hydrogens is 388 g/mol. The van der Waals surface area contributed by atoms with Crippen molar-refractivity contribution < 1.29 is 23.2 Å². The van der Waals surface area contributed by atoms with Crippen molar-refractivity contribution in [2.24, 2.45) is 0 Å². The van der Waals surface area contributed by atoms with Crippen LogP contribution in [0, 0.1) is 10.1 Å². The van der Waals surface area contributed by atoms with Crippen LogP contribution in [0.5, 0.6) is 0 Å². The molecule has 9 nitrogen and oxygen atoms in total. The number of carbonyl (C=O) groups is 1. The molecule has 11 heteroatoms. The molecule has 1 atom stereocenters. The van der Waals surface area contributed by atoms with E-state index in [9.17, 15) is 23.7 Å². The fraction of sp³-hybridized carbons (Fsp3) is 0.389.